The number of benzene rings is 2. The number of phenols is 1. The molecule has 0 amide bonds. The maximum Gasteiger partial charge on any atom is 0.210 e. The number of anilines is 1. The number of Topliss-reactive ketones (excluding diaryl/α,β-unsaturated/α-hetero) is 1. The number of para-hydroxylation sites is 1. The molecule has 0 aliphatic heterocycles. The Morgan fingerprint density at radius 2 is 1.65 bits per heavy atom. The molecule has 0 unspecified atom stereocenters. The average molecular weight is 265 g/mol. The van der Waals surface area contributed by atoms with Gasteiger partial charge in [-0.3, -0.25) is 9.59 Å². The van der Waals surface area contributed by atoms with Gasteiger partial charge in [0.2, 0.25) is 5.78 Å². The molecule has 0 fully saturated rings. The van der Waals surface area contributed by atoms with Gasteiger partial charge in [-0.05, 0) is 24.3 Å². The summed E-state index contributed by atoms with van der Waals surface area (Å²) in [4.78, 5) is 24.3. The molecule has 0 atom stereocenters. The van der Waals surface area contributed by atoms with Gasteiger partial charge in [-0.1, -0.05) is 24.3 Å². The van der Waals surface area contributed by atoms with E-state index in [2.05, 4.69) is 5.32 Å². The summed E-state index contributed by atoms with van der Waals surface area (Å²) in [5.41, 5.74) is 1.22. The number of phenolic OH excluding ortho intramolecular Hbond substituents is 1. The Morgan fingerprint density at radius 3 is 2.40 bits per heavy atom. The lowest BCUT2D eigenvalue weighted by atomic mass is 9.92. The molecular weight excluding hydrogens is 254 g/mol. The lowest BCUT2D eigenvalue weighted by molar-refractivity contribution is 0.0983. The molecule has 0 spiro atoms. The Bertz CT molecular complexity index is 733. The topological polar surface area (TPSA) is 66.4 Å². The van der Waals surface area contributed by atoms with Gasteiger partial charge in [0.25, 0.3) is 0 Å². The molecule has 0 saturated carbocycles. The molecule has 20 heavy (non-hydrogen) atoms. The van der Waals surface area contributed by atoms with E-state index >= 15 is 0 Å². The Kier molecular flexibility index (Phi) is 2.84. The zero-order chi connectivity index (χ0) is 14.1. The van der Waals surface area contributed by atoms with E-state index in [1.54, 1.807) is 18.2 Å². The van der Waals surface area contributed by atoms with Crippen molar-refractivity contribution >= 4 is 17.3 Å². The van der Waals surface area contributed by atoms with Gasteiger partial charge in [-0.25, -0.2) is 0 Å². The summed E-state index contributed by atoms with van der Waals surface area (Å²) in [6.07, 6.45) is 1.22. The molecule has 4 heteroatoms. The number of fused-ring (bicyclic) bond motifs is 1. The predicted molar refractivity (Wildman–Crippen MR) is 74.9 cm³/mol. The van der Waals surface area contributed by atoms with Gasteiger partial charge in [0.05, 0.1) is 11.3 Å². The van der Waals surface area contributed by atoms with Crippen LogP contribution < -0.4 is 5.32 Å². The van der Waals surface area contributed by atoms with Crippen molar-refractivity contribution in [2.75, 3.05) is 5.32 Å². The van der Waals surface area contributed by atoms with Crippen LogP contribution in [-0.4, -0.2) is 16.7 Å². The normalized spacial score (nSPS) is 13.7. The summed E-state index contributed by atoms with van der Waals surface area (Å²) in [6, 6.07) is 13.6. The third-order valence-corrected chi connectivity index (χ3v) is 3.11. The quantitative estimate of drug-likeness (QED) is 0.876. The summed E-state index contributed by atoms with van der Waals surface area (Å²) in [6.45, 7) is 0. The van der Waals surface area contributed by atoms with Crippen molar-refractivity contribution in [2.24, 2.45) is 0 Å². The number of rotatable bonds is 2. The van der Waals surface area contributed by atoms with Crippen LogP contribution in [0.5, 0.6) is 5.75 Å². The number of carbonyl (C=O) groups is 2. The average Bonchev–Trinajstić information content (AvgIpc) is 2.45. The van der Waals surface area contributed by atoms with Crippen molar-refractivity contribution < 1.29 is 14.7 Å². The Labute approximate surface area is 115 Å². The molecule has 2 aromatic rings. The molecule has 1 aliphatic carbocycles. The number of carbonyl (C=O) groups excluding carboxylic acids is 2. The monoisotopic (exact) mass is 265 g/mol. The van der Waals surface area contributed by atoms with Crippen LogP contribution in [0.4, 0.5) is 5.69 Å². The third-order valence-electron chi connectivity index (χ3n) is 3.11. The highest BCUT2D eigenvalue weighted by Crippen LogP contribution is 2.28. The molecule has 2 aromatic carbocycles. The van der Waals surface area contributed by atoms with Gasteiger partial charge in [0, 0.05) is 17.3 Å². The predicted octanol–water partition coefficient (Wildman–Crippen LogP) is 2.77. The molecule has 0 bridgehead atoms. The van der Waals surface area contributed by atoms with Gasteiger partial charge in [-0.2, -0.15) is 0 Å². The van der Waals surface area contributed by atoms with E-state index in [9.17, 15) is 14.7 Å². The number of hydrogen-bond acceptors (Lipinski definition) is 4. The van der Waals surface area contributed by atoms with Crippen LogP contribution in [0.25, 0.3) is 0 Å². The second kappa shape index (κ2) is 4.66. The summed E-state index contributed by atoms with van der Waals surface area (Å²) in [7, 11) is 0. The first-order valence-corrected chi connectivity index (χ1v) is 6.11. The second-order valence-electron chi connectivity index (χ2n) is 4.44. The van der Waals surface area contributed by atoms with Crippen molar-refractivity contribution in [3.05, 3.63) is 71.4 Å². The molecular formula is C16H11NO3. The number of allylic oxidation sites excluding steroid dienone is 2. The van der Waals surface area contributed by atoms with Crippen LogP contribution in [0.3, 0.4) is 0 Å². The highest BCUT2D eigenvalue weighted by Gasteiger charge is 2.27. The van der Waals surface area contributed by atoms with Crippen LogP contribution in [0.15, 0.2) is 60.3 Å². The fraction of sp³-hybridized carbons (Fsp3) is 0. The van der Waals surface area contributed by atoms with Crippen LogP contribution in [0, 0.1) is 0 Å². The Balaban J connectivity index is 2.01. The van der Waals surface area contributed by atoms with Gasteiger partial charge >= 0.3 is 0 Å². The largest absolute Gasteiger partial charge is 0.507 e. The number of hydrogen-bond donors (Lipinski definition) is 2. The maximum atomic E-state index is 12.3. The fourth-order valence-electron chi connectivity index (χ4n) is 2.17. The zero-order valence-electron chi connectivity index (χ0n) is 10.5. The van der Waals surface area contributed by atoms with Crippen LogP contribution in [0.2, 0.25) is 0 Å². The molecule has 4 nitrogen and oxygen atoms in total. The fourth-order valence-corrected chi connectivity index (χ4v) is 2.17. The summed E-state index contributed by atoms with van der Waals surface area (Å²) in [5, 5.41) is 12.6. The summed E-state index contributed by atoms with van der Waals surface area (Å²) < 4.78 is 0. The minimum atomic E-state index is -0.379. The minimum Gasteiger partial charge on any atom is -0.507 e. The molecule has 98 valence electrons. The van der Waals surface area contributed by atoms with E-state index in [0.717, 1.165) is 5.69 Å². The second-order valence-corrected chi connectivity index (χ2v) is 4.44. The van der Waals surface area contributed by atoms with Crippen LogP contribution in [0.1, 0.15) is 20.7 Å². The van der Waals surface area contributed by atoms with Crippen molar-refractivity contribution in [3.63, 3.8) is 0 Å². The van der Waals surface area contributed by atoms with E-state index in [1.807, 2.05) is 18.2 Å². The van der Waals surface area contributed by atoms with Gasteiger partial charge in [0.15, 0.2) is 5.78 Å². The standard InChI is InChI=1S/C16H11NO3/c18-13-8-4-7-11-15(13)14(19)9-12(16(11)20)17-10-5-2-1-3-6-10/h1-9,17-18H. The minimum absolute atomic E-state index is 0.0658. The van der Waals surface area contributed by atoms with Crippen molar-refractivity contribution in [3.8, 4) is 5.75 Å². The summed E-state index contributed by atoms with van der Waals surface area (Å²) in [5.74, 6) is -0.855. The van der Waals surface area contributed by atoms with Crippen molar-refractivity contribution in [1.29, 1.82) is 0 Å². The lowest BCUT2D eigenvalue weighted by Crippen LogP contribution is -2.21. The molecule has 0 radical (unpaired) electrons. The van der Waals surface area contributed by atoms with Gasteiger partial charge in [-0.15, -0.1) is 0 Å². The van der Waals surface area contributed by atoms with Gasteiger partial charge in [0.1, 0.15) is 5.75 Å². The Morgan fingerprint density at radius 1 is 0.900 bits per heavy atom. The van der Waals surface area contributed by atoms with Gasteiger partial charge < -0.3 is 10.4 Å². The van der Waals surface area contributed by atoms with E-state index in [0.29, 0.717) is 0 Å². The van der Waals surface area contributed by atoms with E-state index in [4.69, 9.17) is 0 Å². The van der Waals surface area contributed by atoms with E-state index in [1.165, 1.54) is 18.2 Å². The van der Waals surface area contributed by atoms with Crippen molar-refractivity contribution in [2.45, 2.75) is 0 Å². The number of aromatic hydroxyl groups is 1. The first-order chi connectivity index (χ1) is 9.66. The molecule has 0 aromatic heterocycles. The van der Waals surface area contributed by atoms with E-state index < -0.39 is 0 Å². The highest BCUT2D eigenvalue weighted by atomic mass is 16.3. The molecule has 3 rings (SSSR count). The zero-order valence-corrected chi connectivity index (χ0v) is 10.5. The third kappa shape index (κ3) is 1.97. The Hall–Kier alpha value is -2.88. The molecule has 0 saturated heterocycles. The van der Waals surface area contributed by atoms with Crippen LogP contribution in [-0.2, 0) is 0 Å². The SMILES string of the molecule is O=C1C(Nc2ccccc2)=CC(=O)c2c(O)cccc21. The first-order valence-electron chi connectivity index (χ1n) is 6.11. The molecule has 0 heterocycles. The smallest absolute Gasteiger partial charge is 0.210 e. The maximum absolute atomic E-state index is 12.3. The molecule has 2 N–H and O–H groups in total. The van der Waals surface area contributed by atoms with E-state index in [-0.39, 0.29) is 34.1 Å². The lowest BCUT2D eigenvalue weighted by Gasteiger charge is -2.17. The number of nitrogens with one attached hydrogen (secondary N) is 1. The first kappa shape index (κ1) is 12.2. The number of ketones is 2. The van der Waals surface area contributed by atoms with Crippen molar-refractivity contribution in [1.82, 2.24) is 0 Å². The highest BCUT2D eigenvalue weighted by molar-refractivity contribution is 6.26. The summed E-state index contributed by atoms with van der Waals surface area (Å²) >= 11 is 0. The van der Waals surface area contributed by atoms with Crippen LogP contribution >= 0.6 is 0 Å². The molecule has 1 aliphatic rings.